The van der Waals surface area contributed by atoms with E-state index in [0.717, 1.165) is 5.56 Å². The molecule has 3 N–H and O–H groups in total. The summed E-state index contributed by atoms with van der Waals surface area (Å²) in [6.07, 6.45) is -0.435. The smallest absolute Gasteiger partial charge is 0.166 e. The molecule has 0 aromatic heterocycles. The minimum Gasteiger partial charge on any atom is -1.00 e. The van der Waals surface area contributed by atoms with Gasteiger partial charge in [0.25, 0.3) is 0 Å². The van der Waals surface area contributed by atoms with Crippen molar-refractivity contribution in [1.29, 1.82) is 0 Å². The largest absolute Gasteiger partial charge is 1.00 e. The Balaban J connectivity index is 0.00000225. The second-order valence-corrected chi connectivity index (χ2v) is 4.67. The zero-order valence-corrected chi connectivity index (χ0v) is 10.9. The Kier molecular flexibility index (Phi) is 5.97. The Labute approximate surface area is 104 Å². The highest BCUT2D eigenvalue weighted by Crippen LogP contribution is 2.19. The van der Waals surface area contributed by atoms with Crippen LogP contribution in [0, 0.1) is 0 Å². The molecule has 1 aromatic carbocycles. The summed E-state index contributed by atoms with van der Waals surface area (Å²) in [5.41, 5.74) is 7.28. The van der Waals surface area contributed by atoms with Crippen molar-refractivity contribution in [2.45, 2.75) is 19.2 Å². The van der Waals surface area contributed by atoms with E-state index in [-0.39, 0.29) is 24.7 Å². The average Bonchev–Trinajstić information content (AvgIpc) is 2.16. The zero-order valence-electron chi connectivity index (χ0n) is 10.1. The van der Waals surface area contributed by atoms with Crippen LogP contribution in [0.3, 0.4) is 0 Å². The van der Waals surface area contributed by atoms with Crippen molar-refractivity contribution < 1.29 is 22.0 Å². The Morgan fingerprint density at radius 3 is 2.19 bits per heavy atom. The molecule has 0 saturated heterocycles. The van der Waals surface area contributed by atoms with Crippen molar-refractivity contribution in [3.63, 3.8) is 0 Å². The van der Waals surface area contributed by atoms with Gasteiger partial charge in [0.05, 0.1) is 14.1 Å². The number of likely N-dealkylation sites (N-methyl/N-ethyl adjacent to an activating group) is 1. The second kappa shape index (κ2) is 6.21. The van der Waals surface area contributed by atoms with Gasteiger partial charge in [0, 0.05) is 5.56 Å². The maximum Gasteiger partial charge on any atom is 0.166 e. The van der Waals surface area contributed by atoms with Crippen molar-refractivity contribution >= 4 is 0 Å². The fraction of sp³-hybridized carbons (Fsp3) is 0.500. The molecule has 0 bridgehead atoms. The molecule has 0 aliphatic rings. The first-order valence-electron chi connectivity index (χ1n) is 5.25. The number of nitrogens with two attached hydrogens (primary N) is 1. The number of benzene rings is 1. The Bertz CT molecular complexity index is 301. The summed E-state index contributed by atoms with van der Waals surface area (Å²) in [7, 11) is 4.06. The molecule has 0 aliphatic heterocycles. The van der Waals surface area contributed by atoms with Gasteiger partial charge in [-0.05, 0) is 6.92 Å². The SMILES string of the molecule is CC(O)C[N+](C)(C)C(N)c1ccccc1.[Cl-]. The predicted molar refractivity (Wildman–Crippen MR) is 62.0 cm³/mol. The number of nitrogens with zero attached hydrogens (tertiary/aromatic N) is 1. The monoisotopic (exact) mass is 244 g/mol. The maximum absolute atomic E-state index is 9.41. The molecule has 0 heterocycles. The number of halogens is 1. The van der Waals surface area contributed by atoms with Crippen LogP contribution in [0.1, 0.15) is 18.7 Å². The zero-order chi connectivity index (χ0) is 11.5. The Morgan fingerprint density at radius 2 is 1.75 bits per heavy atom. The van der Waals surface area contributed by atoms with Gasteiger partial charge in [-0.2, -0.15) is 0 Å². The molecule has 2 atom stereocenters. The molecule has 0 aliphatic carbocycles. The van der Waals surface area contributed by atoms with Crippen LogP contribution in [0.25, 0.3) is 0 Å². The number of hydrogen-bond acceptors (Lipinski definition) is 2. The van der Waals surface area contributed by atoms with Crippen LogP contribution < -0.4 is 18.1 Å². The van der Waals surface area contributed by atoms with Crippen molar-refractivity contribution in [1.82, 2.24) is 0 Å². The van der Waals surface area contributed by atoms with E-state index in [1.807, 2.05) is 44.4 Å². The normalized spacial score (nSPS) is 15.1. The lowest BCUT2D eigenvalue weighted by molar-refractivity contribution is -0.923. The summed E-state index contributed by atoms with van der Waals surface area (Å²) < 4.78 is 0.585. The molecule has 0 spiro atoms. The van der Waals surface area contributed by atoms with Gasteiger partial charge in [-0.15, -0.1) is 0 Å². The molecule has 0 amide bonds. The third-order valence-corrected chi connectivity index (χ3v) is 2.63. The highest BCUT2D eigenvalue weighted by atomic mass is 35.5. The molecule has 1 rings (SSSR count). The van der Waals surface area contributed by atoms with E-state index >= 15 is 0 Å². The van der Waals surface area contributed by atoms with E-state index < -0.39 is 0 Å². The molecule has 2 unspecified atom stereocenters. The van der Waals surface area contributed by atoms with Crippen LogP contribution in [-0.4, -0.2) is 36.3 Å². The molecule has 3 nitrogen and oxygen atoms in total. The molecule has 4 heteroatoms. The first-order chi connectivity index (χ1) is 6.93. The van der Waals surface area contributed by atoms with E-state index in [9.17, 15) is 5.11 Å². The number of rotatable bonds is 4. The predicted octanol–water partition coefficient (Wildman–Crippen LogP) is -1.89. The van der Waals surface area contributed by atoms with Crippen LogP contribution >= 0.6 is 0 Å². The molecular weight excluding hydrogens is 224 g/mol. The van der Waals surface area contributed by atoms with E-state index in [1.54, 1.807) is 6.92 Å². The van der Waals surface area contributed by atoms with Crippen molar-refractivity contribution in [2.24, 2.45) is 5.73 Å². The molecular formula is C12H21ClN2O. The summed E-state index contributed by atoms with van der Waals surface area (Å²) in [4.78, 5) is 0. The fourth-order valence-corrected chi connectivity index (χ4v) is 1.85. The average molecular weight is 245 g/mol. The first kappa shape index (κ1) is 15.4. The highest BCUT2D eigenvalue weighted by molar-refractivity contribution is 5.16. The third-order valence-electron chi connectivity index (χ3n) is 2.63. The standard InChI is InChI=1S/C12H21N2O.ClH/c1-10(15)9-14(2,3)12(13)11-7-5-4-6-8-11;/h4-8,10,12,15H,9,13H2,1-3H3;1H/q+1;/p-1. The maximum atomic E-state index is 9.41. The third kappa shape index (κ3) is 4.10. The second-order valence-electron chi connectivity index (χ2n) is 4.67. The number of aliphatic hydroxyl groups excluding tert-OH is 1. The van der Waals surface area contributed by atoms with Gasteiger partial charge in [0.2, 0.25) is 0 Å². The molecule has 16 heavy (non-hydrogen) atoms. The molecule has 0 radical (unpaired) electrons. The summed E-state index contributed by atoms with van der Waals surface area (Å²) >= 11 is 0. The molecule has 92 valence electrons. The van der Waals surface area contributed by atoms with Crippen LogP contribution in [0.4, 0.5) is 0 Å². The summed E-state index contributed by atoms with van der Waals surface area (Å²) in [6.45, 7) is 2.44. The molecule has 0 saturated carbocycles. The van der Waals surface area contributed by atoms with Crippen LogP contribution in [0.15, 0.2) is 30.3 Å². The topological polar surface area (TPSA) is 46.2 Å². The summed E-state index contributed by atoms with van der Waals surface area (Å²) in [5.74, 6) is 0. The van der Waals surface area contributed by atoms with E-state index in [1.165, 1.54) is 0 Å². The quantitative estimate of drug-likeness (QED) is 0.481. The van der Waals surface area contributed by atoms with Gasteiger partial charge in [-0.25, -0.2) is 0 Å². The number of quaternary nitrogens is 1. The minimum absolute atomic E-state index is 0. The summed E-state index contributed by atoms with van der Waals surface area (Å²) in [5, 5.41) is 9.41. The van der Waals surface area contributed by atoms with Gasteiger partial charge >= 0.3 is 0 Å². The van der Waals surface area contributed by atoms with Gasteiger partial charge in [0.15, 0.2) is 6.17 Å². The van der Waals surface area contributed by atoms with E-state index in [2.05, 4.69) is 0 Å². The minimum atomic E-state index is -0.338. The van der Waals surface area contributed by atoms with Gasteiger partial charge in [-0.3, -0.25) is 5.73 Å². The van der Waals surface area contributed by atoms with Gasteiger partial charge < -0.3 is 22.0 Å². The lowest BCUT2D eigenvalue weighted by atomic mass is 10.1. The van der Waals surface area contributed by atoms with E-state index in [0.29, 0.717) is 11.0 Å². The van der Waals surface area contributed by atoms with Gasteiger partial charge in [0.1, 0.15) is 12.6 Å². The van der Waals surface area contributed by atoms with Crippen molar-refractivity contribution in [3.05, 3.63) is 35.9 Å². The summed E-state index contributed by atoms with van der Waals surface area (Å²) in [6, 6.07) is 9.99. The Morgan fingerprint density at radius 1 is 1.25 bits per heavy atom. The van der Waals surface area contributed by atoms with Crippen molar-refractivity contribution in [2.75, 3.05) is 20.6 Å². The van der Waals surface area contributed by atoms with Crippen LogP contribution in [-0.2, 0) is 0 Å². The Hall–Kier alpha value is -0.610. The fourth-order valence-electron chi connectivity index (χ4n) is 1.85. The van der Waals surface area contributed by atoms with Gasteiger partial charge in [-0.1, -0.05) is 30.3 Å². The number of hydrogen-bond donors (Lipinski definition) is 2. The highest BCUT2D eigenvalue weighted by Gasteiger charge is 2.27. The van der Waals surface area contributed by atoms with Crippen LogP contribution in [0.2, 0.25) is 0 Å². The number of aliphatic hydroxyl groups is 1. The molecule has 1 aromatic rings. The van der Waals surface area contributed by atoms with Crippen molar-refractivity contribution in [3.8, 4) is 0 Å². The van der Waals surface area contributed by atoms with Crippen LogP contribution in [0.5, 0.6) is 0 Å². The first-order valence-corrected chi connectivity index (χ1v) is 5.25. The molecule has 0 fully saturated rings. The lowest BCUT2D eigenvalue weighted by Gasteiger charge is -2.36. The van der Waals surface area contributed by atoms with E-state index in [4.69, 9.17) is 5.73 Å². The lowest BCUT2D eigenvalue weighted by Crippen LogP contribution is -3.00.